The second-order valence-corrected chi connectivity index (χ2v) is 6.71. The molecule has 118 valence electrons. The van der Waals surface area contributed by atoms with Gasteiger partial charge in [0, 0.05) is 31.2 Å². The Morgan fingerprint density at radius 3 is 3.14 bits per heavy atom. The fraction of sp³-hybridized carbons (Fsp3) is 0.500. The van der Waals surface area contributed by atoms with Crippen molar-refractivity contribution in [2.75, 3.05) is 31.5 Å². The first-order chi connectivity index (χ1) is 10.5. The van der Waals surface area contributed by atoms with E-state index in [1.165, 1.54) is 6.42 Å². The number of carbonyl (C=O) groups excluding carboxylic acids is 1. The third-order valence-electron chi connectivity index (χ3n) is 4.15. The molecule has 2 amide bonds. The summed E-state index contributed by atoms with van der Waals surface area (Å²) in [6.07, 6.45) is 4.80. The summed E-state index contributed by atoms with van der Waals surface area (Å²) in [4.78, 5) is 21.6. The number of nitrogens with one attached hydrogen (secondary N) is 3. The Morgan fingerprint density at radius 1 is 1.50 bits per heavy atom. The van der Waals surface area contributed by atoms with Gasteiger partial charge in [-0.05, 0) is 30.5 Å². The van der Waals surface area contributed by atoms with Gasteiger partial charge in [0.05, 0.1) is 11.7 Å². The number of anilines is 1. The van der Waals surface area contributed by atoms with E-state index in [0.29, 0.717) is 17.8 Å². The number of hydrogen-bond donors (Lipinski definition) is 3. The van der Waals surface area contributed by atoms with E-state index in [1.807, 2.05) is 18.3 Å². The van der Waals surface area contributed by atoms with Gasteiger partial charge in [0.15, 0.2) is 0 Å². The summed E-state index contributed by atoms with van der Waals surface area (Å²) in [6.45, 7) is 8.32. The molecule has 3 rings (SSSR count). The molecule has 2 aromatic heterocycles. The fourth-order valence-corrected chi connectivity index (χ4v) is 2.92. The van der Waals surface area contributed by atoms with Crippen LogP contribution in [0.25, 0.3) is 10.9 Å². The lowest BCUT2D eigenvalue weighted by molar-refractivity contribution is 0.247. The number of pyridine rings is 1. The van der Waals surface area contributed by atoms with Crippen molar-refractivity contribution in [3.63, 3.8) is 0 Å². The van der Waals surface area contributed by atoms with Gasteiger partial charge in [-0.2, -0.15) is 0 Å². The van der Waals surface area contributed by atoms with Gasteiger partial charge < -0.3 is 15.2 Å². The minimum atomic E-state index is -0.208. The van der Waals surface area contributed by atoms with E-state index in [1.54, 1.807) is 6.20 Å². The molecule has 0 atom stereocenters. The smallest absolute Gasteiger partial charge is 0.320 e. The standard InChI is InChI=1S/C16H23N5O/c1-16(2)4-7-21(11-16)8-6-18-15(22)20-14-9-12-3-5-17-13(12)10-19-14/h3,5,9-10,17H,4,6-8,11H2,1-2H3,(H2,18,19,20,22). The quantitative estimate of drug-likeness (QED) is 0.812. The second kappa shape index (κ2) is 5.96. The number of amides is 2. The highest BCUT2D eigenvalue weighted by atomic mass is 16.2. The summed E-state index contributed by atoms with van der Waals surface area (Å²) in [7, 11) is 0. The Balaban J connectivity index is 1.44. The molecule has 0 saturated carbocycles. The molecule has 1 aliphatic heterocycles. The maximum absolute atomic E-state index is 11.9. The molecule has 0 aromatic carbocycles. The van der Waals surface area contributed by atoms with Crippen LogP contribution in [0.4, 0.5) is 10.6 Å². The molecule has 0 spiro atoms. The minimum absolute atomic E-state index is 0.208. The monoisotopic (exact) mass is 301 g/mol. The van der Waals surface area contributed by atoms with Crippen molar-refractivity contribution in [1.29, 1.82) is 0 Å². The lowest BCUT2D eigenvalue weighted by atomic mass is 9.93. The summed E-state index contributed by atoms with van der Waals surface area (Å²) in [5.41, 5.74) is 1.36. The van der Waals surface area contributed by atoms with E-state index in [0.717, 1.165) is 30.5 Å². The molecule has 1 fully saturated rings. The normalized spacial score (nSPS) is 17.7. The average molecular weight is 301 g/mol. The van der Waals surface area contributed by atoms with Crippen LogP contribution in [0, 0.1) is 5.41 Å². The van der Waals surface area contributed by atoms with Crippen LogP contribution < -0.4 is 10.6 Å². The van der Waals surface area contributed by atoms with E-state index >= 15 is 0 Å². The molecule has 3 heterocycles. The molecule has 1 saturated heterocycles. The third-order valence-corrected chi connectivity index (χ3v) is 4.15. The minimum Gasteiger partial charge on any atom is -0.360 e. The van der Waals surface area contributed by atoms with Gasteiger partial charge in [0.2, 0.25) is 0 Å². The summed E-state index contributed by atoms with van der Waals surface area (Å²) in [6, 6.07) is 3.60. The van der Waals surface area contributed by atoms with Crippen molar-refractivity contribution in [3.05, 3.63) is 24.5 Å². The molecule has 2 aromatic rings. The molecule has 6 heteroatoms. The summed E-state index contributed by atoms with van der Waals surface area (Å²) >= 11 is 0. The maximum Gasteiger partial charge on any atom is 0.320 e. The largest absolute Gasteiger partial charge is 0.360 e. The Bertz CT molecular complexity index is 663. The first-order valence-electron chi connectivity index (χ1n) is 7.72. The first-order valence-corrected chi connectivity index (χ1v) is 7.72. The van der Waals surface area contributed by atoms with Crippen LogP contribution in [0.2, 0.25) is 0 Å². The molecular formula is C16H23N5O. The van der Waals surface area contributed by atoms with Gasteiger partial charge in [0.1, 0.15) is 5.82 Å². The highest BCUT2D eigenvalue weighted by Crippen LogP contribution is 2.28. The van der Waals surface area contributed by atoms with E-state index < -0.39 is 0 Å². The van der Waals surface area contributed by atoms with Gasteiger partial charge in [-0.25, -0.2) is 9.78 Å². The number of aromatic amines is 1. The maximum atomic E-state index is 11.9. The van der Waals surface area contributed by atoms with Crippen LogP contribution in [-0.2, 0) is 0 Å². The number of fused-ring (bicyclic) bond motifs is 1. The van der Waals surface area contributed by atoms with Gasteiger partial charge >= 0.3 is 6.03 Å². The van der Waals surface area contributed by atoms with Crippen molar-refractivity contribution in [1.82, 2.24) is 20.2 Å². The number of carbonyl (C=O) groups is 1. The number of nitrogens with zero attached hydrogens (tertiary/aromatic N) is 2. The zero-order chi connectivity index (χ0) is 15.6. The molecule has 0 aliphatic carbocycles. The Morgan fingerprint density at radius 2 is 2.36 bits per heavy atom. The topological polar surface area (TPSA) is 73.1 Å². The SMILES string of the molecule is CC1(C)CCN(CCNC(=O)Nc2cc3cc[nH]c3cn2)C1. The highest BCUT2D eigenvalue weighted by Gasteiger charge is 2.28. The molecule has 0 bridgehead atoms. The number of likely N-dealkylation sites (tertiary alicyclic amines) is 1. The summed E-state index contributed by atoms with van der Waals surface area (Å²) in [5, 5.41) is 6.69. The molecule has 22 heavy (non-hydrogen) atoms. The van der Waals surface area contributed by atoms with Crippen molar-refractivity contribution in [3.8, 4) is 0 Å². The molecule has 0 radical (unpaired) electrons. The van der Waals surface area contributed by atoms with Crippen molar-refractivity contribution in [2.24, 2.45) is 5.41 Å². The summed E-state index contributed by atoms with van der Waals surface area (Å²) in [5.74, 6) is 0.562. The Kier molecular flexibility index (Phi) is 4.02. The first kappa shape index (κ1) is 14.8. The van der Waals surface area contributed by atoms with Gasteiger partial charge in [-0.3, -0.25) is 5.32 Å². The van der Waals surface area contributed by atoms with Crippen LogP contribution in [-0.4, -0.2) is 47.1 Å². The Hall–Kier alpha value is -2.08. The number of aromatic nitrogens is 2. The number of H-pyrrole nitrogens is 1. The lowest BCUT2D eigenvalue weighted by Crippen LogP contribution is -2.36. The average Bonchev–Trinajstić information content (AvgIpc) is 3.04. The molecule has 6 nitrogen and oxygen atoms in total. The molecule has 3 N–H and O–H groups in total. The predicted octanol–water partition coefficient (Wildman–Crippen LogP) is 2.42. The van der Waals surface area contributed by atoms with E-state index in [9.17, 15) is 4.79 Å². The Labute approximate surface area is 130 Å². The molecular weight excluding hydrogens is 278 g/mol. The van der Waals surface area contributed by atoms with E-state index in [4.69, 9.17) is 0 Å². The van der Waals surface area contributed by atoms with Crippen molar-refractivity contribution >= 4 is 22.8 Å². The second-order valence-electron chi connectivity index (χ2n) is 6.71. The number of hydrogen-bond acceptors (Lipinski definition) is 3. The van der Waals surface area contributed by atoms with Gasteiger partial charge in [0.25, 0.3) is 0 Å². The van der Waals surface area contributed by atoms with Crippen molar-refractivity contribution in [2.45, 2.75) is 20.3 Å². The highest BCUT2D eigenvalue weighted by molar-refractivity contribution is 5.90. The number of rotatable bonds is 4. The zero-order valence-corrected chi connectivity index (χ0v) is 13.1. The number of urea groups is 1. The van der Waals surface area contributed by atoms with E-state index in [2.05, 4.69) is 39.3 Å². The molecule has 1 aliphatic rings. The van der Waals surface area contributed by atoms with Gasteiger partial charge in [-0.15, -0.1) is 0 Å². The van der Waals surface area contributed by atoms with Crippen molar-refractivity contribution < 1.29 is 4.79 Å². The summed E-state index contributed by atoms with van der Waals surface area (Å²) < 4.78 is 0. The van der Waals surface area contributed by atoms with E-state index in [-0.39, 0.29) is 6.03 Å². The lowest BCUT2D eigenvalue weighted by Gasteiger charge is -2.19. The third kappa shape index (κ3) is 3.57. The van der Waals surface area contributed by atoms with Crippen LogP contribution in [0.5, 0.6) is 0 Å². The molecule has 0 unspecified atom stereocenters. The zero-order valence-electron chi connectivity index (χ0n) is 13.1. The van der Waals surface area contributed by atoms with Crippen LogP contribution >= 0.6 is 0 Å². The predicted molar refractivity (Wildman–Crippen MR) is 88.0 cm³/mol. The van der Waals surface area contributed by atoms with Crippen LogP contribution in [0.1, 0.15) is 20.3 Å². The van der Waals surface area contributed by atoms with Gasteiger partial charge in [-0.1, -0.05) is 13.8 Å². The van der Waals surface area contributed by atoms with Crippen LogP contribution in [0.3, 0.4) is 0 Å². The fourth-order valence-electron chi connectivity index (χ4n) is 2.92. The van der Waals surface area contributed by atoms with Crippen LogP contribution in [0.15, 0.2) is 24.5 Å².